The van der Waals surface area contributed by atoms with E-state index < -0.39 is 29.3 Å². The zero-order valence-corrected chi connectivity index (χ0v) is 18.1. The van der Waals surface area contributed by atoms with Gasteiger partial charge in [0.1, 0.15) is 17.0 Å². The molecule has 0 radical (unpaired) electrons. The van der Waals surface area contributed by atoms with Crippen LogP contribution in [0.3, 0.4) is 0 Å². The smallest absolute Gasteiger partial charge is 0.417 e. The van der Waals surface area contributed by atoms with Crippen LogP contribution in [0.15, 0.2) is 23.2 Å². The molecule has 176 valence electrons. The van der Waals surface area contributed by atoms with Gasteiger partial charge in [0.05, 0.1) is 17.7 Å². The van der Waals surface area contributed by atoms with Crippen LogP contribution >= 0.6 is 0 Å². The number of fused-ring (bicyclic) bond motifs is 1. The van der Waals surface area contributed by atoms with Gasteiger partial charge < -0.3 is 25.5 Å². The first-order valence-corrected chi connectivity index (χ1v) is 9.67. The molecule has 0 saturated heterocycles. The number of carbonyl (C=O) groups is 2. The summed E-state index contributed by atoms with van der Waals surface area (Å²) in [6, 6.07) is 3.31. The van der Waals surface area contributed by atoms with Crippen LogP contribution in [-0.2, 0) is 10.9 Å². The highest BCUT2D eigenvalue weighted by molar-refractivity contribution is 6.06. The molecule has 2 rings (SSSR count). The van der Waals surface area contributed by atoms with Crippen LogP contribution in [-0.4, -0.2) is 48.7 Å². The quantitative estimate of drug-likeness (QED) is 0.301. The van der Waals surface area contributed by atoms with Crippen molar-refractivity contribution in [2.75, 3.05) is 20.2 Å². The molecule has 0 aliphatic heterocycles. The van der Waals surface area contributed by atoms with Crippen LogP contribution in [0.2, 0.25) is 0 Å². The standard InChI is InChI=1S/C20H26F3N5O4/c1-19(2,3)32-18(30)26-6-5-7-31-11-8-13(20(21,22)23)12-10-15(27-14(12)9-11)16(29)28-17(24)25-4/h8-10,27H,5-7H2,1-4H3,(H,26,30)(H3,24,25,28,29). The Morgan fingerprint density at radius 2 is 1.88 bits per heavy atom. The highest BCUT2D eigenvalue weighted by Crippen LogP contribution is 2.38. The number of alkyl halides is 3. The number of rotatable bonds is 6. The van der Waals surface area contributed by atoms with Crippen LogP contribution in [0.1, 0.15) is 43.2 Å². The maximum absolute atomic E-state index is 13.6. The first-order valence-electron chi connectivity index (χ1n) is 9.67. The summed E-state index contributed by atoms with van der Waals surface area (Å²) in [6.45, 7) is 5.46. The van der Waals surface area contributed by atoms with E-state index in [9.17, 15) is 22.8 Å². The predicted octanol–water partition coefficient (Wildman–Crippen LogP) is 3.15. The molecule has 32 heavy (non-hydrogen) atoms. The van der Waals surface area contributed by atoms with Crippen molar-refractivity contribution < 1.29 is 32.2 Å². The van der Waals surface area contributed by atoms with E-state index in [2.05, 4.69) is 20.6 Å². The number of hydrogen-bond donors (Lipinski definition) is 4. The number of halogens is 3. The highest BCUT2D eigenvalue weighted by atomic mass is 19.4. The third-order valence-electron chi connectivity index (χ3n) is 4.00. The van der Waals surface area contributed by atoms with Gasteiger partial charge in [-0.2, -0.15) is 13.2 Å². The summed E-state index contributed by atoms with van der Waals surface area (Å²) < 4.78 is 51.2. The van der Waals surface area contributed by atoms with Gasteiger partial charge in [0, 0.05) is 25.0 Å². The minimum atomic E-state index is -4.67. The molecule has 2 aromatic rings. The van der Waals surface area contributed by atoms with Gasteiger partial charge in [-0.05, 0) is 39.3 Å². The lowest BCUT2D eigenvalue weighted by Gasteiger charge is -2.19. The summed E-state index contributed by atoms with van der Waals surface area (Å²) in [5.41, 5.74) is 3.79. The summed E-state index contributed by atoms with van der Waals surface area (Å²) in [7, 11) is 1.36. The molecule has 0 spiro atoms. The number of H-pyrrole nitrogens is 1. The fourth-order valence-electron chi connectivity index (χ4n) is 2.66. The Morgan fingerprint density at radius 3 is 2.47 bits per heavy atom. The maximum Gasteiger partial charge on any atom is 0.417 e. The van der Waals surface area contributed by atoms with Crippen LogP contribution in [0, 0.1) is 0 Å². The topological polar surface area (TPSA) is 131 Å². The Kier molecular flexibility index (Phi) is 7.60. The van der Waals surface area contributed by atoms with Crippen LogP contribution in [0.25, 0.3) is 10.9 Å². The van der Waals surface area contributed by atoms with Gasteiger partial charge in [0.2, 0.25) is 0 Å². The molecule has 0 unspecified atom stereocenters. The average molecular weight is 457 g/mol. The number of nitrogens with zero attached hydrogens (tertiary/aromatic N) is 1. The zero-order chi connectivity index (χ0) is 24.1. The number of guanidine groups is 1. The van der Waals surface area contributed by atoms with Crippen molar-refractivity contribution in [3.8, 4) is 5.75 Å². The Hall–Kier alpha value is -3.44. The van der Waals surface area contributed by atoms with E-state index in [1.807, 2.05) is 0 Å². The molecule has 0 aliphatic carbocycles. The van der Waals surface area contributed by atoms with Gasteiger partial charge >= 0.3 is 12.3 Å². The number of alkyl carbamates (subject to hydrolysis) is 1. The van der Waals surface area contributed by atoms with E-state index in [4.69, 9.17) is 15.2 Å². The molecule has 9 nitrogen and oxygen atoms in total. The third-order valence-corrected chi connectivity index (χ3v) is 4.00. The molecule has 1 aromatic heterocycles. The second-order valence-corrected chi connectivity index (χ2v) is 7.81. The van der Waals surface area contributed by atoms with E-state index in [0.29, 0.717) is 6.42 Å². The SMILES string of the molecule is CN=C(N)NC(=O)c1cc2c(C(F)(F)F)cc(OCCCNC(=O)OC(C)(C)C)cc2[nH]1. The van der Waals surface area contributed by atoms with E-state index in [0.717, 1.165) is 12.1 Å². The minimum Gasteiger partial charge on any atom is -0.493 e. The zero-order valence-electron chi connectivity index (χ0n) is 18.1. The normalized spacial score (nSPS) is 12.5. The third kappa shape index (κ3) is 7.06. The number of benzene rings is 1. The molecular weight excluding hydrogens is 431 g/mol. The average Bonchev–Trinajstić information content (AvgIpc) is 3.08. The Balaban J connectivity index is 2.11. The minimum absolute atomic E-state index is 0.0365. The second kappa shape index (κ2) is 9.79. The molecular formula is C20H26F3N5O4. The van der Waals surface area contributed by atoms with Crippen molar-refractivity contribution in [1.29, 1.82) is 0 Å². The molecule has 1 heterocycles. The van der Waals surface area contributed by atoms with Crippen molar-refractivity contribution in [2.45, 2.75) is 39.0 Å². The van der Waals surface area contributed by atoms with Crippen LogP contribution < -0.4 is 21.1 Å². The molecule has 0 saturated carbocycles. The van der Waals surface area contributed by atoms with Gasteiger partial charge in [-0.1, -0.05) is 0 Å². The van der Waals surface area contributed by atoms with E-state index in [1.165, 1.54) is 13.1 Å². The lowest BCUT2D eigenvalue weighted by Crippen LogP contribution is -2.36. The van der Waals surface area contributed by atoms with E-state index >= 15 is 0 Å². The van der Waals surface area contributed by atoms with Crippen LogP contribution in [0.5, 0.6) is 5.75 Å². The first kappa shape index (κ1) is 24.8. The molecule has 12 heteroatoms. The largest absolute Gasteiger partial charge is 0.493 e. The molecule has 5 N–H and O–H groups in total. The van der Waals surface area contributed by atoms with E-state index in [1.54, 1.807) is 20.8 Å². The highest BCUT2D eigenvalue weighted by Gasteiger charge is 2.34. The molecule has 0 fully saturated rings. The number of aliphatic imine (C=N–C) groups is 1. The van der Waals surface area contributed by atoms with Crippen molar-refractivity contribution in [1.82, 2.24) is 15.6 Å². The van der Waals surface area contributed by atoms with Crippen molar-refractivity contribution in [3.05, 3.63) is 29.5 Å². The summed E-state index contributed by atoms with van der Waals surface area (Å²) in [4.78, 5) is 30.0. The maximum atomic E-state index is 13.6. The number of nitrogens with one attached hydrogen (secondary N) is 3. The number of ether oxygens (including phenoxy) is 2. The van der Waals surface area contributed by atoms with Gasteiger partial charge in [0.15, 0.2) is 5.96 Å². The molecule has 1 aromatic carbocycles. The van der Waals surface area contributed by atoms with Gasteiger partial charge in [-0.3, -0.25) is 15.1 Å². The predicted molar refractivity (Wildman–Crippen MR) is 113 cm³/mol. The summed E-state index contributed by atoms with van der Waals surface area (Å²) in [6.07, 6.45) is -4.92. The number of amides is 2. The fourth-order valence-corrected chi connectivity index (χ4v) is 2.66. The van der Waals surface area contributed by atoms with Crippen molar-refractivity contribution >= 4 is 28.9 Å². The number of aromatic nitrogens is 1. The summed E-state index contributed by atoms with van der Waals surface area (Å²) >= 11 is 0. The van der Waals surface area contributed by atoms with E-state index in [-0.39, 0.29) is 41.5 Å². The number of aromatic amines is 1. The van der Waals surface area contributed by atoms with Gasteiger partial charge in [0.25, 0.3) is 5.91 Å². The summed E-state index contributed by atoms with van der Waals surface area (Å²) in [5.74, 6) is -0.938. The number of carbonyl (C=O) groups excluding carboxylic acids is 2. The second-order valence-electron chi connectivity index (χ2n) is 7.81. The lowest BCUT2D eigenvalue weighted by molar-refractivity contribution is -0.136. The van der Waals surface area contributed by atoms with Crippen LogP contribution in [0.4, 0.5) is 18.0 Å². The van der Waals surface area contributed by atoms with Gasteiger partial charge in [-0.25, -0.2) is 4.79 Å². The molecule has 0 aliphatic rings. The molecule has 2 amide bonds. The Bertz CT molecular complexity index is 1010. The van der Waals surface area contributed by atoms with Crippen molar-refractivity contribution in [3.63, 3.8) is 0 Å². The monoisotopic (exact) mass is 457 g/mol. The van der Waals surface area contributed by atoms with Crippen molar-refractivity contribution in [2.24, 2.45) is 10.7 Å². The first-order chi connectivity index (χ1) is 14.8. The summed E-state index contributed by atoms with van der Waals surface area (Å²) in [5, 5.41) is 4.60. The Labute approximate surface area is 182 Å². The van der Waals surface area contributed by atoms with Gasteiger partial charge in [-0.15, -0.1) is 0 Å². The molecule has 0 atom stereocenters. The number of hydrogen-bond acceptors (Lipinski definition) is 5. The lowest BCUT2D eigenvalue weighted by atomic mass is 10.1. The Morgan fingerprint density at radius 1 is 1.19 bits per heavy atom. The molecule has 0 bridgehead atoms. The fraction of sp³-hybridized carbons (Fsp3) is 0.450. The number of nitrogens with two attached hydrogens (primary N) is 1.